The lowest BCUT2D eigenvalue weighted by Crippen LogP contribution is -2.13. The quantitative estimate of drug-likeness (QED) is 0.101. The Bertz CT molecular complexity index is 780. The fourth-order valence-corrected chi connectivity index (χ4v) is 11.5. The lowest BCUT2D eigenvalue weighted by atomic mass is 10.5. The Balaban J connectivity index is -0.000000251. The highest BCUT2D eigenvalue weighted by molar-refractivity contribution is 8.48. The number of halogens is 8. The Morgan fingerprint density at radius 2 is 0.844 bits per heavy atom. The van der Waals surface area contributed by atoms with Crippen molar-refractivity contribution in [3.63, 3.8) is 0 Å². The van der Waals surface area contributed by atoms with Crippen LogP contribution in [0.25, 0.3) is 0 Å². The van der Waals surface area contributed by atoms with Gasteiger partial charge in [0.25, 0.3) is 4.45 Å². The maximum atomic E-state index is 13.0. The molecule has 0 fully saturated rings. The molecule has 0 saturated carbocycles. The smallest absolute Gasteiger partial charge is 0.251 e. The van der Waals surface area contributed by atoms with Crippen molar-refractivity contribution in [3.8, 4) is 0 Å². The lowest BCUT2D eigenvalue weighted by molar-refractivity contribution is 0.276. The van der Waals surface area contributed by atoms with Crippen LogP contribution in [-0.2, 0) is 0 Å². The van der Waals surface area contributed by atoms with Gasteiger partial charge in [0.15, 0.2) is 35.4 Å². The molecule has 45 heavy (non-hydrogen) atoms. The summed E-state index contributed by atoms with van der Waals surface area (Å²) in [6.45, 7) is 18.7. The first kappa shape index (κ1) is 53.6. The molecule has 3 atom stereocenters. The van der Waals surface area contributed by atoms with Crippen molar-refractivity contribution in [2.45, 2.75) is 132 Å². The maximum absolute atomic E-state index is 13.0. The number of hydrogen-bond acceptors (Lipinski definition) is 12. The number of carbonyl (C=O) groups excluding carboxylic acids is 1. The monoisotopic (exact) mass is 845 g/mol. The number of thioether (sulfide) groups is 8. The van der Waals surface area contributed by atoms with Gasteiger partial charge >= 0.3 is 0 Å². The van der Waals surface area contributed by atoms with Crippen LogP contribution in [0.3, 0.4) is 0 Å². The summed E-state index contributed by atoms with van der Waals surface area (Å²) in [7, 11) is 0. The number of thiocarbonyl (C=S) groups is 2. The Hall–Kier alpha value is 1.76. The molecule has 0 spiro atoms. The fraction of sp³-hybridized carbons (Fsp3) is 0.840. The number of alkyl halides is 7. The van der Waals surface area contributed by atoms with Gasteiger partial charge in [0.2, 0.25) is 0 Å². The van der Waals surface area contributed by atoms with Crippen molar-refractivity contribution in [2.75, 3.05) is 0 Å². The third kappa shape index (κ3) is 55.4. The Labute approximate surface area is 309 Å². The standard InChI is InChI=1S/C7H12F3NS2.C7H12F2S3.C6H11FS3.C5H8F2OS2/c1-6(2,8)12-5(11-10)13-7(3,4)9;1-6(2,8)11-5(10)12-7(3,4)9;1-4(2)9-6(8)10-5(3)7;1-3(6)9-5(8)10-4(2)7/h1-4H3;1-4H3;4-5H,1-3H3;3-4H,1-2H3. The SMILES string of the molecule is CC(C)(F)SC(=NF)SC(C)(C)F.CC(C)(F)SC(=S)SC(C)(C)F.CC(C)SC(=S)SC(C)F.CC(F)SC(=O)SC(C)F. The highest BCUT2D eigenvalue weighted by atomic mass is 32.2. The van der Waals surface area contributed by atoms with E-state index in [1.807, 2.05) is 13.8 Å². The van der Waals surface area contributed by atoms with Gasteiger partial charge in [-0.1, -0.05) is 107 Å². The van der Waals surface area contributed by atoms with E-state index in [-0.39, 0.29) is 4.38 Å². The van der Waals surface area contributed by atoms with Crippen LogP contribution < -0.4 is 0 Å². The first-order chi connectivity index (χ1) is 19.8. The third-order valence-electron chi connectivity index (χ3n) is 2.49. The summed E-state index contributed by atoms with van der Waals surface area (Å²) in [5.74, 6) is 0. The molecule has 0 rings (SSSR count). The zero-order valence-corrected chi connectivity index (χ0v) is 35.4. The van der Waals surface area contributed by atoms with E-state index in [9.17, 15) is 40.0 Å². The van der Waals surface area contributed by atoms with E-state index in [2.05, 4.69) is 5.21 Å². The second-order valence-corrected chi connectivity index (χ2v) is 24.7. The van der Waals surface area contributed by atoms with Crippen LogP contribution in [0.2, 0.25) is 0 Å². The summed E-state index contributed by atoms with van der Waals surface area (Å²) in [6, 6.07) is 0. The minimum Gasteiger partial charge on any atom is -0.274 e. The van der Waals surface area contributed by atoms with Crippen LogP contribution in [0.1, 0.15) is 90.0 Å². The van der Waals surface area contributed by atoms with Gasteiger partial charge in [0, 0.05) is 5.25 Å². The molecule has 0 N–H and O–H groups in total. The first-order valence-corrected chi connectivity index (χ1v) is 20.3. The second-order valence-electron chi connectivity index (χ2n) is 10.1. The van der Waals surface area contributed by atoms with Gasteiger partial charge in [-0.05, 0) is 99.7 Å². The number of hydrogen-bond donors (Lipinski definition) is 0. The average Bonchev–Trinajstić information content (AvgIpc) is 2.67. The van der Waals surface area contributed by atoms with Crippen molar-refractivity contribution in [3.05, 3.63) is 0 Å². The van der Waals surface area contributed by atoms with Gasteiger partial charge in [-0.3, -0.25) is 4.79 Å². The summed E-state index contributed by atoms with van der Waals surface area (Å²) >= 11 is 16.2. The van der Waals surface area contributed by atoms with E-state index in [0.29, 0.717) is 59.4 Å². The molecule has 0 aliphatic heterocycles. The van der Waals surface area contributed by atoms with Gasteiger partial charge in [0.05, 0.1) is 0 Å². The van der Waals surface area contributed by atoms with Gasteiger partial charge in [-0.15, -0.1) is 11.8 Å². The van der Waals surface area contributed by atoms with Crippen LogP contribution in [0.5, 0.6) is 0 Å². The van der Waals surface area contributed by atoms with Crippen molar-refractivity contribution in [1.82, 2.24) is 0 Å². The van der Waals surface area contributed by atoms with E-state index in [4.69, 9.17) is 24.4 Å². The molecule has 0 saturated heterocycles. The van der Waals surface area contributed by atoms with Crippen LogP contribution in [-0.4, -0.2) is 57.6 Å². The predicted molar refractivity (Wildman–Crippen MR) is 207 cm³/mol. The molecule has 0 bridgehead atoms. The highest BCUT2D eigenvalue weighted by Crippen LogP contribution is 2.39. The van der Waals surface area contributed by atoms with E-state index in [0.717, 1.165) is 35.3 Å². The van der Waals surface area contributed by atoms with E-state index in [1.54, 1.807) is 0 Å². The minimum atomic E-state index is -1.65. The summed E-state index contributed by atoms with van der Waals surface area (Å²) < 4.78 is 100. The predicted octanol–water partition coefficient (Wildman–Crippen LogP) is 14.9. The molecule has 0 aromatic carbocycles. The van der Waals surface area contributed by atoms with Gasteiger partial charge in [0.1, 0.15) is 12.6 Å². The molecular formula is C25H43F8NOS10. The topological polar surface area (TPSA) is 29.4 Å². The van der Waals surface area contributed by atoms with Crippen molar-refractivity contribution >= 4 is 134 Å². The Kier molecular flexibility index (Phi) is 31.6. The molecule has 0 aliphatic carbocycles. The normalized spacial score (nSPS) is 13.9. The molecule has 2 nitrogen and oxygen atoms in total. The van der Waals surface area contributed by atoms with Crippen molar-refractivity contribution in [2.24, 2.45) is 5.21 Å². The molecule has 0 aliphatic rings. The Morgan fingerprint density at radius 1 is 0.556 bits per heavy atom. The fourth-order valence-electron chi connectivity index (χ4n) is 1.53. The molecule has 0 aromatic heterocycles. The number of rotatable bonds is 8. The van der Waals surface area contributed by atoms with Crippen LogP contribution in [0.4, 0.5) is 40.0 Å². The van der Waals surface area contributed by atoms with E-state index >= 15 is 0 Å². The van der Waals surface area contributed by atoms with E-state index < -0.39 is 41.0 Å². The molecule has 270 valence electrons. The molecular weight excluding hydrogens is 803 g/mol. The molecule has 0 amide bonds. The molecule has 0 aromatic rings. The average molecular weight is 846 g/mol. The highest BCUT2D eigenvalue weighted by Gasteiger charge is 2.27. The summed E-state index contributed by atoms with van der Waals surface area (Å²) in [6.07, 6.45) is 0. The summed E-state index contributed by atoms with van der Waals surface area (Å²) in [4.78, 5) is 10.5. The second kappa shape index (κ2) is 26.6. The maximum Gasteiger partial charge on any atom is 0.251 e. The molecule has 3 unspecified atom stereocenters. The first-order valence-electron chi connectivity index (χ1n) is 12.7. The van der Waals surface area contributed by atoms with Crippen LogP contribution >= 0.6 is 119 Å². The van der Waals surface area contributed by atoms with Gasteiger partial charge < -0.3 is 0 Å². The zero-order valence-electron chi connectivity index (χ0n) is 27.3. The summed E-state index contributed by atoms with van der Waals surface area (Å²) in [5, 5.41) is -3.36. The minimum absolute atomic E-state index is 0.236. The lowest BCUT2D eigenvalue weighted by Gasteiger charge is -2.17. The number of nitrogens with zero attached hydrogens (tertiary/aromatic N) is 1. The zero-order chi connectivity index (χ0) is 37.0. The van der Waals surface area contributed by atoms with Gasteiger partial charge in [-0.2, -0.15) is 0 Å². The Morgan fingerprint density at radius 3 is 1.04 bits per heavy atom. The third-order valence-corrected chi connectivity index (χ3v) is 10.7. The molecule has 20 heteroatoms. The van der Waals surface area contributed by atoms with Crippen molar-refractivity contribution in [1.29, 1.82) is 0 Å². The van der Waals surface area contributed by atoms with E-state index in [1.165, 1.54) is 87.9 Å². The van der Waals surface area contributed by atoms with Crippen LogP contribution in [0.15, 0.2) is 5.21 Å². The van der Waals surface area contributed by atoms with Crippen LogP contribution in [0, 0.1) is 0 Å². The molecule has 0 heterocycles. The molecule has 0 radical (unpaired) electrons. The van der Waals surface area contributed by atoms with Gasteiger partial charge in [-0.25, -0.2) is 30.7 Å². The largest absolute Gasteiger partial charge is 0.274 e. The van der Waals surface area contributed by atoms with Crippen molar-refractivity contribution < 1.29 is 40.0 Å². The summed E-state index contributed by atoms with van der Waals surface area (Å²) in [5.41, 5.74) is -3.38. The number of carbonyl (C=O) groups is 1.